The van der Waals surface area contributed by atoms with Crippen molar-refractivity contribution in [2.75, 3.05) is 5.32 Å². The Bertz CT molecular complexity index is 557. The minimum absolute atomic E-state index is 0.223. The predicted molar refractivity (Wildman–Crippen MR) is 61.1 cm³/mol. The number of hydrogen-bond donors (Lipinski definition) is 1. The van der Waals surface area contributed by atoms with Gasteiger partial charge in [-0.2, -0.15) is 4.39 Å². The number of pyridine rings is 2. The Hall–Kier alpha value is -2.30. The third kappa shape index (κ3) is 2.63. The lowest BCUT2D eigenvalue weighted by atomic mass is 10.2. The number of carbonyl (C=O) groups excluding carboxylic acids is 1. The highest BCUT2D eigenvalue weighted by Crippen LogP contribution is 2.13. The lowest BCUT2D eigenvalue weighted by molar-refractivity contribution is 0.102. The maximum atomic E-state index is 12.8. The van der Waals surface area contributed by atoms with E-state index in [9.17, 15) is 9.18 Å². The Balaban J connectivity index is 2.20. The zero-order valence-electron chi connectivity index (χ0n) is 9.14. The van der Waals surface area contributed by atoms with Crippen LogP contribution in [0.2, 0.25) is 0 Å². The van der Waals surface area contributed by atoms with Gasteiger partial charge in [-0.15, -0.1) is 0 Å². The number of hydrogen-bond acceptors (Lipinski definition) is 3. The van der Waals surface area contributed by atoms with Gasteiger partial charge in [-0.3, -0.25) is 9.78 Å². The molecule has 0 fully saturated rings. The minimum atomic E-state index is -0.680. The average Bonchev–Trinajstić information content (AvgIpc) is 2.32. The van der Waals surface area contributed by atoms with Crippen LogP contribution in [0.4, 0.5) is 10.1 Å². The molecule has 0 aliphatic carbocycles. The van der Waals surface area contributed by atoms with Gasteiger partial charge in [-0.25, -0.2) is 4.98 Å². The van der Waals surface area contributed by atoms with Crippen LogP contribution in [-0.2, 0) is 0 Å². The molecule has 0 aliphatic rings. The fourth-order valence-electron chi connectivity index (χ4n) is 1.33. The molecule has 4 nitrogen and oxygen atoms in total. The monoisotopic (exact) mass is 231 g/mol. The Morgan fingerprint density at radius 1 is 1.35 bits per heavy atom. The zero-order valence-corrected chi connectivity index (χ0v) is 9.14. The molecule has 0 aliphatic heterocycles. The van der Waals surface area contributed by atoms with Crippen molar-refractivity contribution in [3.63, 3.8) is 0 Å². The first-order valence-corrected chi connectivity index (χ1v) is 5.00. The highest BCUT2D eigenvalue weighted by atomic mass is 19.1. The summed E-state index contributed by atoms with van der Waals surface area (Å²) in [6, 6.07) is 4.31. The summed E-state index contributed by atoms with van der Waals surface area (Å²) in [7, 11) is 0. The molecule has 0 atom stereocenters. The van der Waals surface area contributed by atoms with E-state index in [4.69, 9.17) is 0 Å². The lowest BCUT2D eigenvalue weighted by Crippen LogP contribution is -2.13. The molecule has 0 bridgehead atoms. The second-order valence-electron chi connectivity index (χ2n) is 3.51. The van der Waals surface area contributed by atoms with Crippen molar-refractivity contribution < 1.29 is 9.18 Å². The number of amides is 1. The SMILES string of the molecule is Cc1ccncc1NC(=O)c1ccnc(F)c1. The summed E-state index contributed by atoms with van der Waals surface area (Å²) in [4.78, 5) is 19.1. The van der Waals surface area contributed by atoms with Gasteiger partial charge in [-0.05, 0) is 24.6 Å². The molecule has 2 rings (SSSR count). The molecule has 86 valence electrons. The number of carbonyl (C=O) groups is 1. The Morgan fingerprint density at radius 2 is 2.18 bits per heavy atom. The summed E-state index contributed by atoms with van der Waals surface area (Å²) in [6.07, 6.45) is 4.43. The summed E-state index contributed by atoms with van der Waals surface area (Å²) in [5.41, 5.74) is 1.72. The van der Waals surface area contributed by atoms with Gasteiger partial charge in [-0.1, -0.05) is 0 Å². The van der Waals surface area contributed by atoms with E-state index in [-0.39, 0.29) is 11.5 Å². The molecular formula is C12H10FN3O. The van der Waals surface area contributed by atoms with Crippen molar-refractivity contribution in [2.24, 2.45) is 0 Å². The van der Waals surface area contributed by atoms with Gasteiger partial charge in [0.05, 0.1) is 11.9 Å². The molecule has 5 heteroatoms. The van der Waals surface area contributed by atoms with Crippen LogP contribution in [0.3, 0.4) is 0 Å². The van der Waals surface area contributed by atoms with Crippen molar-refractivity contribution in [3.05, 3.63) is 53.9 Å². The topological polar surface area (TPSA) is 54.9 Å². The molecular weight excluding hydrogens is 221 g/mol. The summed E-state index contributed by atoms with van der Waals surface area (Å²) < 4.78 is 12.8. The van der Waals surface area contributed by atoms with Gasteiger partial charge in [0.1, 0.15) is 0 Å². The first-order valence-electron chi connectivity index (χ1n) is 5.00. The normalized spacial score (nSPS) is 10.0. The Kier molecular flexibility index (Phi) is 3.09. The van der Waals surface area contributed by atoms with Crippen LogP contribution in [-0.4, -0.2) is 15.9 Å². The zero-order chi connectivity index (χ0) is 12.3. The van der Waals surface area contributed by atoms with E-state index in [1.165, 1.54) is 12.3 Å². The second-order valence-corrected chi connectivity index (χ2v) is 3.51. The Morgan fingerprint density at radius 3 is 2.88 bits per heavy atom. The van der Waals surface area contributed by atoms with Crippen LogP contribution < -0.4 is 5.32 Å². The van der Waals surface area contributed by atoms with E-state index in [0.717, 1.165) is 11.6 Å². The molecule has 0 spiro atoms. The number of aromatic nitrogens is 2. The fraction of sp³-hybridized carbons (Fsp3) is 0.0833. The molecule has 2 heterocycles. The molecule has 0 saturated carbocycles. The number of anilines is 1. The van der Waals surface area contributed by atoms with E-state index in [2.05, 4.69) is 15.3 Å². The number of rotatable bonds is 2. The van der Waals surface area contributed by atoms with E-state index in [1.807, 2.05) is 6.92 Å². The lowest BCUT2D eigenvalue weighted by Gasteiger charge is -2.07. The summed E-state index contributed by atoms with van der Waals surface area (Å²) in [5.74, 6) is -1.07. The highest BCUT2D eigenvalue weighted by Gasteiger charge is 2.08. The molecule has 0 unspecified atom stereocenters. The van der Waals surface area contributed by atoms with Gasteiger partial charge in [0, 0.05) is 24.0 Å². The predicted octanol–water partition coefficient (Wildman–Crippen LogP) is 2.18. The highest BCUT2D eigenvalue weighted by molar-refractivity contribution is 6.04. The van der Waals surface area contributed by atoms with Gasteiger partial charge >= 0.3 is 0 Å². The number of nitrogens with zero attached hydrogens (tertiary/aromatic N) is 2. The van der Waals surface area contributed by atoms with Crippen molar-refractivity contribution in [1.29, 1.82) is 0 Å². The van der Waals surface area contributed by atoms with Crippen LogP contribution in [0.25, 0.3) is 0 Å². The van der Waals surface area contributed by atoms with Crippen molar-refractivity contribution in [2.45, 2.75) is 6.92 Å². The molecule has 0 radical (unpaired) electrons. The second kappa shape index (κ2) is 4.69. The molecule has 17 heavy (non-hydrogen) atoms. The summed E-state index contributed by atoms with van der Waals surface area (Å²) >= 11 is 0. The van der Waals surface area contributed by atoms with Crippen LogP contribution in [0.15, 0.2) is 36.8 Å². The third-order valence-electron chi connectivity index (χ3n) is 2.28. The van der Waals surface area contributed by atoms with Gasteiger partial charge in [0.2, 0.25) is 5.95 Å². The average molecular weight is 231 g/mol. The molecule has 1 N–H and O–H groups in total. The minimum Gasteiger partial charge on any atom is -0.320 e. The number of aryl methyl sites for hydroxylation is 1. The molecule has 2 aromatic heterocycles. The quantitative estimate of drug-likeness (QED) is 0.806. The fourth-order valence-corrected chi connectivity index (χ4v) is 1.33. The molecule has 1 amide bonds. The Labute approximate surface area is 97.5 Å². The van der Waals surface area contributed by atoms with E-state index in [0.29, 0.717) is 5.69 Å². The van der Waals surface area contributed by atoms with E-state index in [1.54, 1.807) is 18.5 Å². The van der Waals surface area contributed by atoms with Crippen molar-refractivity contribution in [3.8, 4) is 0 Å². The third-order valence-corrected chi connectivity index (χ3v) is 2.28. The van der Waals surface area contributed by atoms with Gasteiger partial charge < -0.3 is 5.32 Å². The smallest absolute Gasteiger partial charge is 0.255 e. The largest absolute Gasteiger partial charge is 0.320 e. The van der Waals surface area contributed by atoms with Crippen LogP contribution in [0.1, 0.15) is 15.9 Å². The first-order chi connectivity index (χ1) is 8.16. The number of halogens is 1. The molecule has 2 aromatic rings. The summed E-state index contributed by atoms with van der Waals surface area (Å²) in [6.45, 7) is 1.85. The maximum Gasteiger partial charge on any atom is 0.255 e. The summed E-state index contributed by atoms with van der Waals surface area (Å²) in [5, 5.41) is 2.66. The van der Waals surface area contributed by atoms with Crippen LogP contribution in [0.5, 0.6) is 0 Å². The van der Waals surface area contributed by atoms with Gasteiger partial charge in [0.25, 0.3) is 5.91 Å². The first kappa shape index (κ1) is 11.2. The molecule has 0 aromatic carbocycles. The van der Waals surface area contributed by atoms with Crippen LogP contribution in [0, 0.1) is 12.9 Å². The van der Waals surface area contributed by atoms with Gasteiger partial charge in [0.15, 0.2) is 0 Å². The van der Waals surface area contributed by atoms with Crippen molar-refractivity contribution in [1.82, 2.24) is 9.97 Å². The van der Waals surface area contributed by atoms with Crippen LogP contribution >= 0.6 is 0 Å². The number of nitrogens with one attached hydrogen (secondary N) is 1. The molecule has 0 saturated heterocycles. The maximum absolute atomic E-state index is 12.8. The van der Waals surface area contributed by atoms with Crippen molar-refractivity contribution >= 4 is 11.6 Å². The van der Waals surface area contributed by atoms with E-state index < -0.39 is 5.95 Å². The van der Waals surface area contributed by atoms with E-state index >= 15 is 0 Å². The standard InChI is InChI=1S/C12H10FN3O/c1-8-2-4-14-7-10(8)16-12(17)9-3-5-15-11(13)6-9/h2-7H,1H3,(H,16,17).